The van der Waals surface area contributed by atoms with Gasteiger partial charge in [-0.25, -0.2) is 8.78 Å². The van der Waals surface area contributed by atoms with E-state index in [0.717, 1.165) is 32.3 Å². The number of hydrogen-bond donors (Lipinski definition) is 0. The zero-order valence-electron chi connectivity index (χ0n) is 17.7. The van der Waals surface area contributed by atoms with E-state index in [1.807, 2.05) is 0 Å². The lowest BCUT2D eigenvalue weighted by Crippen LogP contribution is -2.36. The smallest absolute Gasteiger partial charge is 0.399 e. The maximum Gasteiger partial charge on any atom is 0.573 e. The molecule has 1 saturated carbocycles. The largest absolute Gasteiger partial charge is 0.573 e. The Morgan fingerprint density at radius 3 is 2.06 bits per heavy atom. The molecule has 0 spiro atoms. The molecule has 3 rings (SSSR count). The van der Waals surface area contributed by atoms with Crippen molar-refractivity contribution >= 4 is 0 Å². The van der Waals surface area contributed by atoms with Crippen LogP contribution in [-0.4, -0.2) is 25.2 Å². The lowest BCUT2D eigenvalue weighted by atomic mass is 9.80. The minimum absolute atomic E-state index is 0.0956. The van der Waals surface area contributed by atoms with E-state index in [2.05, 4.69) is 11.7 Å². The van der Waals surface area contributed by atoms with Gasteiger partial charge in [-0.2, -0.15) is 8.78 Å². The number of alkyl halides is 5. The highest BCUT2D eigenvalue weighted by Crippen LogP contribution is 2.40. The number of hydrogen-bond acceptors (Lipinski definition) is 3. The summed E-state index contributed by atoms with van der Waals surface area (Å²) in [5, 5.41) is 0. The third-order valence-electron chi connectivity index (χ3n) is 6.21. The number of benzene rings is 1. The SMILES string of the molecule is CCCC1CCC(C2CCC(OC(F)(F)c3cc(F)c(OC(F)(F)F)c(F)c3)CC2)OC1. The molecule has 0 N–H and O–H groups in total. The molecule has 2 fully saturated rings. The topological polar surface area (TPSA) is 27.7 Å². The average molecular weight is 472 g/mol. The second kappa shape index (κ2) is 10.2. The van der Waals surface area contributed by atoms with Gasteiger partial charge >= 0.3 is 12.5 Å². The zero-order chi connectivity index (χ0) is 23.5. The van der Waals surface area contributed by atoms with E-state index in [4.69, 9.17) is 9.47 Å². The van der Waals surface area contributed by atoms with Crippen LogP contribution in [0.15, 0.2) is 12.1 Å². The Bertz CT molecular complexity index is 729. The van der Waals surface area contributed by atoms with Crippen LogP contribution in [0, 0.1) is 23.5 Å². The van der Waals surface area contributed by atoms with Gasteiger partial charge in [-0.1, -0.05) is 13.3 Å². The first-order chi connectivity index (χ1) is 15.0. The Morgan fingerprint density at radius 1 is 0.938 bits per heavy atom. The monoisotopic (exact) mass is 472 g/mol. The highest BCUT2D eigenvalue weighted by Gasteiger charge is 2.41. The summed E-state index contributed by atoms with van der Waals surface area (Å²) >= 11 is 0. The summed E-state index contributed by atoms with van der Waals surface area (Å²) in [5.74, 6) is -4.74. The first kappa shape index (κ1) is 25.1. The van der Waals surface area contributed by atoms with Crippen LogP contribution >= 0.6 is 0 Å². The second-order valence-electron chi connectivity index (χ2n) is 8.59. The summed E-state index contributed by atoms with van der Waals surface area (Å²) in [7, 11) is 0. The summed E-state index contributed by atoms with van der Waals surface area (Å²) in [4.78, 5) is 0. The fourth-order valence-corrected chi connectivity index (χ4v) is 4.63. The van der Waals surface area contributed by atoms with E-state index in [1.54, 1.807) is 0 Å². The van der Waals surface area contributed by atoms with Crippen LogP contribution in [0.5, 0.6) is 5.75 Å². The molecule has 1 heterocycles. The predicted octanol–water partition coefficient (Wildman–Crippen LogP) is 7.08. The van der Waals surface area contributed by atoms with Gasteiger partial charge in [0, 0.05) is 6.61 Å². The lowest BCUT2D eigenvalue weighted by molar-refractivity contribution is -0.279. The standard InChI is InChI=1S/C22H27F7O3/c1-2-3-13-4-9-19(30-12-13)14-5-7-16(8-6-14)31-21(25,26)15-10-17(23)20(18(24)11-15)32-22(27,28)29/h10-11,13-14,16,19H,2-9,12H2,1H3. The Balaban J connectivity index is 1.55. The molecular weight excluding hydrogens is 445 g/mol. The first-order valence-electron chi connectivity index (χ1n) is 10.9. The van der Waals surface area contributed by atoms with Crippen LogP contribution in [0.3, 0.4) is 0 Å². The molecule has 2 unspecified atom stereocenters. The van der Waals surface area contributed by atoms with Gasteiger partial charge in [-0.15, -0.1) is 13.2 Å². The Kier molecular flexibility index (Phi) is 7.96. The Morgan fingerprint density at radius 2 is 1.56 bits per heavy atom. The van der Waals surface area contributed by atoms with Crippen LogP contribution in [0.4, 0.5) is 30.7 Å². The van der Waals surface area contributed by atoms with Crippen LogP contribution in [-0.2, 0) is 15.6 Å². The Labute approximate surface area is 182 Å². The minimum atomic E-state index is -5.36. The number of rotatable bonds is 7. The molecular formula is C22H27F7O3. The lowest BCUT2D eigenvalue weighted by Gasteiger charge is -2.38. The van der Waals surface area contributed by atoms with Crippen LogP contribution in [0.2, 0.25) is 0 Å². The third kappa shape index (κ3) is 6.50. The minimum Gasteiger partial charge on any atom is -0.399 e. The molecule has 10 heteroatoms. The summed E-state index contributed by atoms with van der Waals surface area (Å²) in [6.07, 6.45) is -3.95. The number of halogens is 7. The molecule has 0 bridgehead atoms. The van der Waals surface area contributed by atoms with Crippen molar-refractivity contribution in [1.29, 1.82) is 0 Å². The van der Waals surface area contributed by atoms with E-state index in [-0.39, 0.29) is 24.2 Å². The van der Waals surface area contributed by atoms with Gasteiger partial charge in [0.15, 0.2) is 11.6 Å². The van der Waals surface area contributed by atoms with Gasteiger partial charge < -0.3 is 14.2 Å². The second-order valence-corrected chi connectivity index (χ2v) is 8.59. The molecule has 1 aromatic carbocycles. The van der Waals surface area contributed by atoms with Gasteiger partial charge in [0.1, 0.15) is 0 Å². The summed E-state index contributed by atoms with van der Waals surface area (Å²) in [6.45, 7) is 2.86. The van der Waals surface area contributed by atoms with Crippen molar-refractivity contribution in [1.82, 2.24) is 0 Å². The summed E-state index contributed by atoms with van der Waals surface area (Å²) < 4.78 is 107. The van der Waals surface area contributed by atoms with Crippen molar-refractivity contribution in [2.24, 2.45) is 11.8 Å². The summed E-state index contributed by atoms with van der Waals surface area (Å²) in [5.41, 5.74) is -1.21. The molecule has 3 nitrogen and oxygen atoms in total. The van der Waals surface area contributed by atoms with Crippen LogP contribution in [0.25, 0.3) is 0 Å². The Hall–Kier alpha value is -1.55. The highest BCUT2D eigenvalue weighted by molar-refractivity contribution is 5.33. The molecule has 0 radical (unpaired) electrons. The van der Waals surface area contributed by atoms with Gasteiger partial charge in [-0.05, 0) is 68.9 Å². The fraction of sp³-hybridized carbons (Fsp3) is 0.727. The maximum atomic E-state index is 14.5. The molecule has 2 atom stereocenters. The van der Waals surface area contributed by atoms with Crippen molar-refractivity contribution in [3.05, 3.63) is 29.3 Å². The van der Waals surface area contributed by atoms with Crippen molar-refractivity contribution in [2.45, 2.75) is 83.0 Å². The van der Waals surface area contributed by atoms with E-state index in [1.165, 1.54) is 0 Å². The van der Waals surface area contributed by atoms with Gasteiger partial charge in [0.25, 0.3) is 0 Å². The van der Waals surface area contributed by atoms with Gasteiger partial charge in [-0.3, -0.25) is 0 Å². The zero-order valence-corrected chi connectivity index (χ0v) is 17.7. The molecule has 1 saturated heterocycles. The number of ether oxygens (including phenoxy) is 3. The van der Waals surface area contributed by atoms with Crippen molar-refractivity contribution in [2.75, 3.05) is 6.61 Å². The normalized spacial score (nSPS) is 27.4. The van der Waals surface area contributed by atoms with Crippen molar-refractivity contribution < 1.29 is 44.9 Å². The molecule has 1 aliphatic heterocycles. The van der Waals surface area contributed by atoms with Crippen molar-refractivity contribution in [3.63, 3.8) is 0 Å². The van der Waals surface area contributed by atoms with Crippen LogP contribution in [0.1, 0.15) is 63.9 Å². The quantitative estimate of drug-likeness (QED) is 0.397. The van der Waals surface area contributed by atoms with E-state index < -0.39 is 41.5 Å². The molecule has 0 aromatic heterocycles. The first-order valence-corrected chi connectivity index (χ1v) is 10.9. The van der Waals surface area contributed by atoms with Crippen LogP contribution < -0.4 is 4.74 Å². The molecule has 1 aliphatic carbocycles. The van der Waals surface area contributed by atoms with E-state index in [0.29, 0.717) is 31.6 Å². The third-order valence-corrected chi connectivity index (χ3v) is 6.21. The molecule has 32 heavy (non-hydrogen) atoms. The molecule has 2 aliphatic rings. The molecule has 1 aromatic rings. The maximum absolute atomic E-state index is 14.5. The van der Waals surface area contributed by atoms with E-state index >= 15 is 0 Å². The van der Waals surface area contributed by atoms with Crippen molar-refractivity contribution in [3.8, 4) is 5.75 Å². The molecule has 0 amide bonds. The van der Waals surface area contributed by atoms with Gasteiger partial charge in [0.2, 0.25) is 5.75 Å². The van der Waals surface area contributed by atoms with E-state index in [9.17, 15) is 30.7 Å². The fourth-order valence-electron chi connectivity index (χ4n) is 4.63. The highest BCUT2D eigenvalue weighted by atomic mass is 19.4. The predicted molar refractivity (Wildman–Crippen MR) is 101 cm³/mol. The summed E-state index contributed by atoms with van der Waals surface area (Å²) in [6, 6.07) is 0.191. The van der Waals surface area contributed by atoms with Gasteiger partial charge in [0.05, 0.1) is 17.8 Å². The molecule has 182 valence electrons. The average Bonchev–Trinajstić information content (AvgIpc) is 2.71.